The highest BCUT2D eigenvalue weighted by Crippen LogP contribution is 2.47. The van der Waals surface area contributed by atoms with Gasteiger partial charge in [0.15, 0.2) is 0 Å². The summed E-state index contributed by atoms with van der Waals surface area (Å²) in [4.78, 5) is 14.9. The fourth-order valence-electron chi connectivity index (χ4n) is 4.76. The van der Waals surface area contributed by atoms with Gasteiger partial charge in [0, 0.05) is 42.2 Å². The van der Waals surface area contributed by atoms with Crippen molar-refractivity contribution in [2.24, 2.45) is 0 Å². The van der Waals surface area contributed by atoms with Gasteiger partial charge in [0.25, 0.3) is 6.47 Å². The summed E-state index contributed by atoms with van der Waals surface area (Å²) in [5, 5.41) is 10.4. The molecular weight excluding hydrogens is 521 g/mol. The number of benzene rings is 3. The Morgan fingerprint density at radius 3 is 2.28 bits per heavy atom. The van der Waals surface area contributed by atoms with E-state index in [0.29, 0.717) is 0 Å². The summed E-state index contributed by atoms with van der Waals surface area (Å²) in [5.41, 5.74) is 7.03. The maximum Gasteiger partial charge on any atom is 0.299 e. The molecule has 0 bridgehead atoms. The van der Waals surface area contributed by atoms with Gasteiger partial charge in [-0.15, -0.1) is 22.7 Å². The van der Waals surface area contributed by atoms with E-state index in [9.17, 15) is 10.1 Å². The smallest absolute Gasteiger partial charge is 0.299 e. The highest BCUT2D eigenvalue weighted by Gasteiger charge is 2.22. The molecule has 0 aliphatic heterocycles. The Morgan fingerprint density at radius 2 is 1.51 bits per heavy atom. The number of fused-ring (bicyclic) bond motifs is 1. The van der Waals surface area contributed by atoms with Crippen LogP contribution in [-0.4, -0.2) is 11.0 Å². The molecule has 0 saturated carbocycles. The fraction of sp³-hybridized carbons (Fsp3) is 0.0303. The second-order valence-corrected chi connectivity index (χ2v) is 11.2. The van der Waals surface area contributed by atoms with E-state index in [0.717, 1.165) is 37.1 Å². The van der Waals surface area contributed by atoms with Gasteiger partial charge in [-0.2, -0.15) is 5.26 Å². The van der Waals surface area contributed by atoms with Gasteiger partial charge in [-0.25, -0.2) is 0 Å². The summed E-state index contributed by atoms with van der Waals surface area (Å²) in [7, 11) is 0. The van der Waals surface area contributed by atoms with Crippen LogP contribution in [0.3, 0.4) is 0 Å². The topological polar surface area (TPSA) is 55.0 Å². The van der Waals surface area contributed by atoms with Crippen LogP contribution in [0.1, 0.15) is 10.4 Å². The van der Waals surface area contributed by atoms with E-state index in [4.69, 9.17) is 4.74 Å². The molecule has 3 aromatic carbocycles. The molecule has 3 aromatic heterocycles. The minimum atomic E-state index is -0.0262. The van der Waals surface area contributed by atoms with Gasteiger partial charge in [0.1, 0.15) is 6.07 Å². The molecule has 39 heavy (non-hydrogen) atoms. The van der Waals surface area contributed by atoms with Crippen LogP contribution in [-0.2, 0) is 9.53 Å². The summed E-state index contributed by atoms with van der Waals surface area (Å²) in [6, 6.07) is 38.0. The Morgan fingerprint density at radius 1 is 0.821 bits per heavy atom. The van der Waals surface area contributed by atoms with Gasteiger partial charge >= 0.3 is 0 Å². The minimum Gasteiger partial charge on any atom is -0.417 e. The van der Waals surface area contributed by atoms with Crippen LogP contribution in [0.25, 0.3) is 54.1 Å². The number of carbonyl (C=O) groups is 1. The van der Waals surface area contributed by atoms with Crippen molar-refractivity contribution >= 4 is 46.1 Å². The quantitative estimate of drug-likeness (QED) is 0.115. The molecule has 0 radical (unpaired) electrons. The minimum absolute atomic E-state index is 0.0262. The Hall–Kier alpha value is -4.70. The van der Waals surface area contributed by atoms with E-state index in [1.54, 1.807) is 28.7 Å². The number of carbonyl (C=O) groups excluding carboxylic acids is 1. The van der Waals surface area contributed by atoms with Gasteiger partial charge in [0.05, 0.1) is 11.2 Å². The number of nitriles is 1. The zero-order chi connectivity index (χ0) is 26.8. The van der Waals surface area contributed by atoms with Gasteiger partial charge < -0.3 is 9.30 Å². The van der Waals surface area contributed by atoms with Crippen molar-refractivity contribution in [1.82, 2.24) is 4.57 Å². The largest absolute Gasteiger partial charge is 0.417 e. The summed E-state index contributed by atoms with van der Waals surface area (Å²) in [5.74, 6) is -0.0262. The van der Waals surface area contributed by atoms with Gasteiger partial charge in [-0.3, -0.25) is 4.79 Å². The normalized spacial score (nSPS) is 11.4. The number of rotatable bonds is 7. The van der Waals surface area contributed by atoms with Crippen molar-refractivity contribution in [3.8, 4) is 43.2 Å². The van der Waals surface area contributed by atoms with E-state index < -0.39 is 0 Å². The molecule has 3 heterocycles. The Kier molecular flexibility index (Phi) is 6.68. The van der Waals surface area contributed by atoms with Crippen LogP contribution in [0, 0.1) is 18.3 Å². The van der Waals surface area contributed by atoms with Crippen molar-refractivity contribution in [2.45, 2.75) is 6.92 Å². The fourth-order valence-corrected chi connectivity index (χ4v) is 6.86. The van der Waals surface area contributed by atoms with Crippen LogP contribution >= 0.6 is 22.7 Å². The molecule has 0 fully saturated rings. The number of hydrogen-bond donors (Lipinski definition) is 0. The maximum atomic E-state index is 10.6. The third kappa shape index (κ3) is 4.70. The van der Waals surface area contributed by atoms with Crippen molar-refractivity contribution in [2.75, 3.05) is 0 Å². The number of aryl methyl sites for hydroxylation is 1. The predicted molar refractivity (Wildman–Crippen MR) is 161 cm³/mol. The molecule has 0 unspecified atom stereocenters. The lowest BCUT2D eigenvalue weighted by atomic mass is 10.0. The highest BCUT2D eigenvalue weighted by molar-refractivity contribution is 7.24. The molecule has 0 amide bonds. The molecule has 0 aliphatic carbocycles. The molecule has 6 aromatic rings. The van der Waals surface area contributed by atoms with Crippen molar-refractivity contribution in [3.05, 3.63) is 119 Å². The Bertz CT molecular complexity index is 1870. The number of aromatic nitrogens is 1. The van der Waals surface area contributed by atoms with Gasteiger partial charge in [-0.05, 0) is 55.0 Å². The monoisotopic (exact) mass is 542 g/mol. The van der Waals surface area contributed by atoms with Crippen LogP contribution in [0.5, 0.6) is 0 Å². The first-order valence-corrected chi connectivity index (χ1v) is 14.0. The zero-order valence-electron chi connectivity index (χ0n) is 21.0. The van der Waals surface area contributed by atoms with E-state index in [1.165, 1.54) is 21.4 Å². The van der Waals surface area contributed by atoms with E-state index >= 15 is 0 Å². The van der Waals surface area contributed by atoms with E-state index in [1.807, 2.05) is 24.3 Å². The molecule has 0 saturated heterocycles. The lowest BCUT2D eigenvalue weighted by Crippen LogP contribution is -1.97. The average molecular weight is 543 g/mol. The second kappa shape index (κ2) is 10.6. The molecule has 0 atom stereocenters. The first-order chi connectivity index (χ1) is 19.2. The standard InChI is InChI=1S/C33H22N2O2S2/c1-22-11-13-24(14-12-22)35-28-10-6-5-9-27(28)32(33(35)23-7-3-2-4-8-23)31-18-17-30(39-31)29-16-15-26(38-29)19-25(20-34)37-21-36/h2-19,21H,1H3/b25-19-. The van der Waals surface area contributed by atoms with Crippen LogP contribution in [0.4, 0.5) is 0 Å². The molecule has 0 aliphatic rings. The lowest BCUT2D eigenvalue weighted by Gasteiger charge is -2.13. The van der Waals surface area contributed by atoms with Crippen molar-refractivity contribution in [3.63, 3.8) is 0 Å². The third-order valence-corrected chi connectivity index (χ3v) is 8.83. The maximum absolute atomic E-state index is 10.6. The lowest BCUT2D eigenvalue weighted by molar-refractivity contribution is -0.124. The number of ether oxygens (including phenoxy) is 1. The van der Waals surface area contributed by atoms with Gasteiger partial charge in [-0.1, -0.05) is 66.2 Å². The van der Waals surface area contributed by atoms with E-state index in [2.05, 4.69) is 96.4 Å². The SMILES string of the molecule is Cc1ccc(-n2c(-c3ccccc3)c(-c3ccc(-c4ccc(/C=C(/C#N)OC=O)s4)s3)c3ccccc32)cc1. The van der Waals surface area contributed by atoms with Crippen molar-refractivity contribution < 1.29 is 9.53 Å². The molecule has 0 N–H and O–H groups in total. The summed E-state index contributed by atoms with van der Waals surface area (Å²) >= 11 is 3.30. The molecule has 188 valence electrons. The first-order valence-electron chi connectivity index (χ1n) is 12.3. The first kappa shape index (κ1) is 24.6. The molecule has 6 heteroatoms. The number of para-hydroxylation sites is 1. The molecule has 4 nitrogen and oxygen atoms in total. The van der Waals surface area contributed by atoms with Crippen LogP contribution in [0.15, 0.2) is 109 Å². The van der Waals surface area contributed by atoms with Crippen molar-refractivity contribution in [1.29, 1.82) is 5.26 Å². The third-order valence-electron chi connectivity index (χ3n) is 6.49. The summed E-state index contributed by atoms with van der Waals surface area (Å²) < 4.78 is 7.10. The number of allylic oxidation sites excluding steroid dienone is 1. The highest BCUT2D eigenvalue weighted by atomic mass is 32.1. The number of nitrogens with zero attached hydrogens (tertiary/aromatic N) is 2. The second-order valence-electron chi connectivity index (χ2n) is 8.98. The molecule has 6 rings (SSSR count). The van der Waals surface area contributed by atoms with Gasteiger partial charge in [0.2, 0.25) is 5.76 Å². The molecule has 0 spiro atoms. The number of hydrogen-bond acceptors (Lipinski definition) is 5. The van der Waals surface area contributed by atoms with Crippen LogP contribution in [0.2, 0.25) is 0 Å². The summed E-state index contributed by atoms with van der Waals surface area (Å²) in [6.07, 6.45) is 1.58. The van der Waals surface area contributed by atoms with E-state index in [-0.39, 0.29) is 12.2 Å². The Balaban J connectivity index is 1.53. The van der Waals surface area contributed by atoms with Crippen LogP contribution < -0.4 is 0 Å². The zero-order valence-corrected chi connectivity index (χ0v) is 22.6. The Labute approximate surface area is 234 Å². The summed E-state index contributed by atoms with van der Waals surface area (Å²) in [6.45, 7) is 2.38. The average Bonchev–Trinajstić information content (AvgIpc) is 3.71. The predicted octanol–water partition coefficient (Wildman–Crippen LogP) is 9.10. The number of thiophene rings is 2. The molecular formula is C33H22N2O2S2.